The minimum absolute atomic E-state index is 0. The summed E-state index contributed by atoms with van der Waals surface area (Å²) >= 11 is 5.19. The number of rotatable bonds is 3. The number of benzene rings is 1. The zero-order chi connectivity index (χ0) is 12.3. The van der Waals surface area contributed by atoms with Crippen LogP contribution in [0.2, 0.25) is 0 Å². The third-order valence-electron chi connectivity index (χ3n) is 2.74. The van der Waals surface area contributed by atoms with E-state index in [-0.39, 0.29) is 30.4 Å². The fourth-order valence-corrected chi connectivity index (χ4v) is 3.10. The number of halogens is 2. The molecule has 1 aromatic rings. The van der Waals surface area contributed by atoms with Crippen molar-refractivity contribution in [3.63, 3.8) is 0 Å². The molecule has 1 fully saturated rings. The van der Waals surface area contributed by atoms with Crippen LogP contribution in [0.5, 0.6) is 0 Å². The van der Waals surface area contributed by atoms with Gasteiger partial charge in [-0.3, -0.25) is 10.1 Å². The lowest BCUT2D eigenvalue weighted by molar-refractivity contribution is -0.123. The molecule has 2 atom stereocenters. The summed E-state index contributed by atoms with van der Waals surface area (Å²) in [5.41, 5.74) is 1.11. The number of thioether (sulfide) groups is 1. The van der Waals surface area contributed by atoms with Gasteiger partial charge in [-0.05, 0) is 24.6 Å². The maximum atomic E-state index is 11.9. The smallest absolute Gasteiger partial charge is 0.238 e. The van der Waals surface area contributed by atoms with E-state index in [0.717, 1.165) is 21.7 Å². The number of carbonyl (C=O) groups excluding carboxylic acids is 1. The first-order valence-electron chi connectivity index (χ1n) is 5.54. The van der Waals surface area contributed by atoms with Crippen molar-refractivity contribution in [1.29, 1.82) is 0 Å². The number of carbonyl (C=O) groups is 1. The SMILES string of the molecule is CC(NC(=O)C1CSCN1)c1cccc(Br)c1.Cl. The lowest BCUT2D eigenvalue weighted by atomic mass is 10.1. The Hall–Kier alpha value is -0.230. The van der Waals surface area contributed by atoms with Crippen LogP contribution >= 0.6 is 40.1 Å². The topological polar surface area (TPSA) is 41.1 Å². The number of amides is 1. The zero-order valence-electron chi connectivity index (χ0n) is 9.98. The van der Waals surface area contributed by atoms with E-state index in [1.165, 1.54) is 0 Å². The maximum absolute atomic E-state index is 11.9. The van der Waals surface area contributed by atoms with Crippen LogP contribution in [0.4, 0.5) is 0 Å². The van der Waals surface area contributed by atoms with Gasteiger partial charge in [-0.1, -0.05) is 28.1 Å². The molecule has 0 radical (unpaired) electrons. The van der Waals surface area contributed by atoms with E-state index in [1.54, 1.807) is 11.8 Å². The van der Waals surface area contributed by atoms with E-state index in [4.69, 9.17) is 0 Å². The third-order valence-corrected chi connectivity index (χ3v) is 4.17. The van der Waals surface area contributed by atoms with Crippen molar-refractivity contribution in [1.82, 2.24) is 10.6 Å². The summed E-state index contributed by atoms with van der Waals surface area (Å²) in [6, 6.07) is 8.00. The Morgan fingerprint density at radius 1 is 1.61 bits per heavy atom. The molecule has 3 nitrogen and oxygen atoms in total. The first-order chi connectivity index (χ1) is 8.16. The van der Waals surface area contributed by atoms with Crippen LogP contribution in [0.15, 0.2) is 28.7 Å². The Bertz CT molecular complexity index is 413. The van der Waals surface area contributed by atoms with Gasteiger partial charge < -0.3 is 5.32 Å². The Balaban J connectivity index is 0.00000162. The third kappa shape index (κ3) is 4.16. The van der Waals surface area contributed by atoms with Crippen molar-refractivity contribution >= 4 is 46.0 Å². The summed E-state index contributed by atoms with van der Waals surface area (Å²) < 4.78 is 1.03. The first-order valence-corrected chi connectivity index (χ1v) is 7.48. The maximum Gasteiger partial charge on any atom is 0.238 e. The molecule has 1 aromatic carbocycles. The summed E-state index contributed by atoms with van der Waals surface area (Å²) in [6.45, 7) is 2.00. The fraction of sp³-hybridized carbons (Fsp3) is 0.417. The number of hydrogen-bond donors (Lipinski definition) is 2. The Morgan fingerprint density at radius 3 is 3.00 bits per heavy atom. The van der Waals surface area contributed by atoms with E-state index in [9.17, 15) is 4.79 Å². The average molecular weight is 352 g/mol. The molecule has 6 heteroatoms. The summed E-state index contributed by atoms with van der Waals surface area (Å²) in [4.78, 5) is 11.9. The van der Waals surface area contributed by atoms with Crippen molar-refractivity contribution in [3.8, 4) is 0 Å². The van der Waals surface area contributed by atoms with Gasteiger partial charge in [-0.2, -0.15) is 0 Å². The quantitative estimate of drug-likeness (QED) is 0.880. The van der Waals surface area contributed by atoms with Crippen molar-refractivity contribution in [3.05, 3.63) is 34.3 Å². The van der Waals surface area contributed by atoms with E-state index in [2.05, 4.69) is 26.6 Å². The molecule has 2 unspecified atom stereocenters. The van der Waals surface area contributed by atoms with Crippen LogP contribution in [-0.2, 0) is 4.79 Å². The predicted molar refractivity (Wildman–Crippen MR) is 82.2 cm³/mol. The Kier molecular flexibility index (Phi) is 6.49. The van der Waals surface area contributed by atoms with Gasteiger partial charge in [0.1, 0.15) is 0 Å². The normalized spacial score (nSPS) is 20.0. The Labute approximate surface area is 126 Å². The van der Waals surface area contributed by atoms with E-state index in [0.29, 0.717) is 0 Å². The van der Waals surface area contributed by atoms with Crippen molar-refractivity contribution in [2.45, 2.75) is 19.0 Å². The largest absolute Gasteiger partial charge is 0.348 e. The van der Waals surface area contributed by atoms with Gasteiger partial charge in [0.15, 0.2) is 0 Å². The first kappa shape index (κ1) is 15.8. The molecule has 2 rings (SSSR count). The summed E-state index contributed by atoms with van der Waals surface area (Å²) in [6.07, 6.45) is 0. The van der Waals surface area contributed by atoms with Gasteiger partial charge in [0.05, 0.1) is 12.1 Å². The molecule has 1 aliphatic heterocycles. The molecule has 0 bridgehead atoms. The minimum Gasteiger partial charge on any atom is -0.348 e. The van der Waals surface area contributed by atoms with Crippen LogP contribution < -0.4 is 10.6 Å². The van der Waals surface area contributed by atoms with E-state index >= 15 is 0 Å². The Morgan fingerprint density at radius 2 is 2.39 bits per heavy atom. The lowest BCUT2D eigenvalue weighted by Gasteiger charge is -2.17. The molecular formula is C12H16BrClN2OS. The lowest BCUT2D eigenvalue weighted by Crippen LogP contribution is -2.42. The zero-order valence-corrected chi connectivity index (χ0v) is 13.2. The highest BCUT2D eigenvalue weighted by Crippen LogP contribution is 2.18. The number of hydrogen-bond acceptors (Lipinski definition) is 3. The minimum atomic E-state index is -0.0467. The number of nitrogens with one attached hydrogen (secondary N) is 2. The van der Waals surface area contributed by atoms with E-state index < -0.39 is 0 Å². The summed E-state index contributed by atoms with van der Waals surface area (Å²) in [5.74, 6) is 1.81. The van der Waals surface area contributed by atoms with E-state index in [1.807, 2.05) is 31.2 Å². The average Bonchev–Trinajstić information content (AvgIpc) is 2.82. The highest BCUT2D eigenvalue weighted by Gasteiger charge is 2.23. The van der Waals surface area contributed by atoms with Gasteiger partial charge in [0.2, 0.25) is 5.91 Å². The molecule has 0 aliphatic carbocycles. The highest BCUT2D eigenvalue weighted by molar-refractivity contribution is 9.10. The van der Waals surface area contributed by atoms with Crippen LogP contribution in [0.3, 0.4) is 0 Å². The molecule has 0 aromatic heterocycles. The van der Waals surface area contributed by atoms with Gasteiger partial charge in [0, 0.05) is 16.1 Å². The van der Waals surface area contributed by atoms with Gasteiger partial charge in [-0.25, -0.2) is 0 Å². The van der Waals surface area contributed by atoms with Gasteiger partial charge in [-0.15, -0.1) is 24.2 Å². The molecule has 100 valence electrons. The molecule has 1 heterocycles. The van der Waals surface area contributed by atoms with Crippen LogP contribution in [0.1, 0.15) is 18.5 Å². The van der Waals surface area contributed by atoms with Crippen molar-refractivity contribution in [2.24, 2.45) is 0 Å². The molecule has 1 amide bonds. The highest BCUT2D eigenvalue weighted by atomic mass is 79.9. The summed E-state index contributed by atoms with van der Waals surface area (Å²) in [7, 11) is 0. The molecule has 1 saturated heterocycles. The van der Waals surface area contributed by atoms with Crippen LogP contribution in [0, 0.1) is 0 Å². The standard InChI is InChI=1S/C12H15BrN2OS.ClH/c1-8(9-3-2-4-10(13)5-9)15-12(16)11-6-17-7-14-11;/h2-5,8,11,14H,6-7H2,1H3,(H,15,16);1H. The van der Waals surface area contributed by atoms with Crippen LogP contribution in [-0.4, -0.2) is 23.6 Å². The fourth-order valence-electron chi connectivity index (χ4n) is 1.74. The van der Waals surface area contributed by atoms with Gasteiger partial charge >= 0.3 is 0 Å². The second-order valence-corrected chi connectivity index (χ2v) is 6.00. The molecule has 1 aliphatic rings. The molecule has 2 N–H and O–H groups in total. The van der Waals surface area contributed by atoms with Crippen molar-refractivity contribution in [2.75, 3.05) is 11.6 Å². The molecular weight excluding hydrogens is 336 g/mol. The van der Waals surface area contributed by atoms with Crippen molar-refractivity contribution < 1.29 is 4.79 Å². The molecule has 0 saturated carbocycles. The summed E-state index contributed by atoms with van der Waals surface area (Å²) in [5, 5.41) is 6.20. The second kappa shape index (κ2) is 7.38. The monoisotopic (exact) mass is 350 g/mol. The predicted octanol–water partition coefficient (Wildman–Crippen LogP) is 2.71. The molecule has 18 heavy (non-hydrogen) atoms. The molecule has 0 spiro atoms. The second-order valence-electron chi connectivity index (χ2n) is 4.06. The van der Waals surface area contributed by atoms with Crippen LogP contribution in [0.25, 0.3) is 0 Å². The van der Waals surface area contributed by atoms with Gasteiger partial charge in [0.25, 0.3) is 0 Å².